The van der Waals surface area contributed by atoms with E-state index in [0.29, 0.717) is 36.2 Å². The van der Waals surface area contributed by atoms with Gasteiger partial charge in [0.1, 0.15) is 0 Å². The summed E-state index contributed by atoms with van der Waals surface area (Å²) in [6, 6.07) is 10.5. The number of pyridine rings is 1. The normalized spacial score (nSPS) is 19.2. The predicted molar refractivity (Wildman–Crippen MR) is 140 cm³/mol. The number of nitrogens with one attached hydrogen (secondary N) is 1. The first kappa shape index (κ1) is 24.2. The van der Waals surface area contributed by atoms with Crippen LogP contribution in [0.2, 0.25) is 0 Å². The van der Waals surface area contributed by atoms with Gasteiger partial charge in [-0.3, -0.25) is 14.1 Å². The summed E-state index contributed by atoms with van der Waals surface area (Å²) in [7, 11) is 0. The summed E-state index contributed by atoms with van der Waals surface area (Å²) in [6.45, 7) is 9.50. The second-order valence-electron chi connectivity index (χ2n) is 10.2. The van der Waals surface area contributed by atoms with E-state index >= 15 is 0 Å². The van der Waals surface area contributed by atoms with Gasteiger partial charge in [-0.2, -0.15) is 0 Å². The highest BCUT2D eigenvalue weighted by Crippen LogP contribution is 2.56. The highest BCUT2D eigenvalue weighted by Gasteiger charge is 2.52. The summed E-state index contributed by atoms with van der Waals surface area (Å²) < 4.78 is 4.02. The fraction of sp³-hybridized carbons (Fsp3) is 0.464. The first-order valence-electron chi connectivity index (χ1n) is 13.1. The van der Waals surface area contributed by atoms with Gasteiger partial charge >= 0.3 is 5.69 Å². The van der Waals surface area contributed by atoms with Crippen molar-refractivity contribution < 1.29 is 0 Å². The molecule has 0 amide bonds. The average molecular weight is 486 g/mol. The van der Waals surface area contributed by atoms with Gasteiger partial charge in [0.25, 0.3) is 0 Å². The number of tetrazole rings is 1. The van der Waals surface area contributed by atoms with E-state index in [1.54, 1.807) is 0 Å². The molecule has 8 nitrogen and oxygen atoms in total. The maximum absolute atomic E-state index is 13.8. The van der Waals surface area contributed by atoms with Gasteiger partial charge < -0.3 is 0 Å². The predicted octanol–water partition coefficient (Wildman–Crippen LogP) is 5.14. The van der Waals surface area contributed by atoms with Crippen molar-refractivity contribution >= 4 is 0 Å². The molecule has 1 saturated carbocycles. The molecule has 0 bridgehead atoms. The fourth-order valence-electron chi connectivity index (χ4n) is 5.76. The number of aromatic nitrogens is 7. The third-order valence-electron chi connectivity index (χ3n) is 7.67. The molecule has 3 aromatic heterocycles. The van der Waals surface area contributed by atoms with Crippen molar-refractivity contribution in [3.8, 4) is 22.5 Å². The van der Waals surface area contributed by atoms with Gasteiger partial charge in [0, 0.05) is 35.9 Å². The van der Waals surface area contributed by atoms with E-state index < -0.39 is 0 Å². The number of rotatable bonds is 10. The minimum Gasteiger partial charge on any atom is -0.295 e. The van der Waals surface area contributed by atoms with E-state index in [4.69, 9.17) is 0 Å². The van der Waals surface area contributed by atoms with Crippen molar-refractivity contribution in [2.24, 2.45) is 17.8 Å². The lowest BCUT2D eigenvalue weighted by Crippen LogP contribution is -2.26. The molecule has 3 heterocycles. The van der Waals surface area contributed by atoms with Gasteiger partial charge in [0.2, 0.25) is 0 Å². The lowest BCUT2D eigenvalue weighted by molar-refractivity contribution is 0.489. The third kappa shape index (κ3) is 4.52. The van der Waals surface area contributed by atoms with Crippen LogP contribution in [0.4, 0.5) is 0 Å². The molecule has 5 rings (SSSR count). The first-order valence-corrected chi connectivity index (χ1v) is 13.1. The Morgan fingerprint density at radius 1 is 1.08 bits per heavy atom. The number of aryl methyl sites for hydroxylation is 1. The van der Waals surface area contributed by atoms with Gasteiger partial charge in [-0.25, -0.2) is 9.89 Å². The SMILES string of the molecule is CCCCc1cn(C2C(CC)C2C(C)C)c(=O)n1Cc1cnccc1-c1ccc(-c2nnn[nH]2)cc1. The topological polar surface area (TPSA) is 94.3 Å². The van der Waals surface area contributed by atoms with E-state index in [0.717, 1.165) is 53.6 Å². The van der Waals surface area contributed by atoms with Crippen LogP contribution < -0.4 is 5.69 Å². The molecule has 3 atom stereocenters. The van der Waals surface area contributed by atoms with Gasteiger partial charge in [-0.15, -0.1) is 5.10 Å². The second kappa shape index (κ2) is 10.2. The van der Waals surface area contributed by atoms with Crippen LogP contribution in [0, 0.1) is 17.8 Å². The van der Waals surface area contributed by atoms with Crippen LogP contribution in [0.25, 0.3) is 22.5 Å². The number of benzene rings is 1. The molecule has 8 heteroatoms. The van der Waals surface area contributed by atoms with Crippen molar-refractivity contribution in [2.45, 2.75) is 66.0 Å². The summed E-state index contributed by atoms with van der Waals surface area (Å²) in [6.07, 6.45) is 10.0. The number of hydrogen-bond donors (Lipinski definition) is 1. The summed E-state index contributed by atoms with van der Waals surface area (Å²) >= 11 is 0. The quantitative estimate of drug-likeness (QED) is 0.336. The third-order valence-corrected chi connectivity index (χ3v) is 7.67. The molecule has 0 spiro atoms. The van der Waals surface area contributed by atoms with Crippen LogP contribution >= 0.6 is 0 Å². The Bertz CT molecular complexity index is 1350. The molecule has 0 saturated heterocycles. The lowest BCUT2D eigenvalue weighted by Gasteiger charge is -2.12. The van der Waals surface area contributed by atoms with Crippen molar-refractivity contribution in [2.75, 3.05) is 0 Å². The molecule has 188 valence electrons. The minimum absolute atomic E-state index is 0.107. The molecule has 1 aliphatic rings. The molecule has 0 aliphatic heterocycles. The Hall–Kier alpha value is -3.55. The van der Waals surface area contributed by atoms with Crippen LogP contribution in [-0.4, -0.2) is 34.7 Å². The van der Waals surface area contributed by atoms with Crippen LogP contribution in [0.1, 0.15) is 64.3 Å². The van der Waals surface area contributed by atoms with E-state index in [9.17, 15) is 4.79 Å². The molecule has 1 N–H and O–H groups in total. The van der Waals surface area contributed by atoms with Gasteiger partial charge in [-0.05, 0) is 63.8 Å². The van der Waals surface area contributed by atoms with Gasteiger partial charge in [0.05, 0.1) is 6.54 Å². The van der Waals surface area contributed by atoms with Gasteiger partial charge in [0.15, 0.2) is 5.82 Å². The number of nitrogens with zero attached hydrogens (tertiary/aromatic N) is 6. The lowest BCUT2D eigenvalue weighted by atomic mass is 10.00. The van der Waals surface area contributed by atoms with E-state index in [1.807, 2.05) is 39.7 Å². The van der Waals surface area contributed by atoms with Crippen LogP contribution in [-0.2, 0) is 13.0 Å². The number of unbranched alkanes of at least 4 members (excludes halogenated alkanes) is 1. The standard InChI is InChI=1S/C28H35N7O/c1-5-7-8-22-17-35(26-23(6-2)25(26)18(3)4)28(36)34(22)16-21-15-29-14-13-24(21)19-9-11-20(12-10-19)27-30-32-33-31-27/h9-15,17-18,23,25-26H,5-8,16H2,1-4H3,(H,30,31,32,33). The van der Waals surface area contributed by atoms with Crippen LogP contribution in [0.15, 0.2) is 53.7 Å². The maximum atomic E-state index is 13.8. The number of aromatic amines is 1. The molecule has 1 aromatic carbocycles. The molecule has 3 unspecified atom stereocenters. The Labute approximate surface area is 211 Å². The van der Waals surface area contributed by atoms with Crippen LogP contribution in [0.3, 0.4) is 0 Å². The molecule has 0 radical (unpaired) electrons. The zero-order valence-electron chi connectivity index (χ0n) is 21.6. The van der Waals surface area contributed by atoms with E-state index in [2.05, 4.69) is 71.6 Å². The van der Waals surface area contributed by atoms with E-state index in [1.165, 1.54) is 0 Å². The monoisotopic (exact) mass is 485 g/mol. The van der Waals surface area contributed by atoms with Crippen molar-refractivity contribution in [3.05, 3.63) is 70.7 Å². The zero-order valence-corrected chi connectivity index (χ0v) is 21.6. The Morgan fingerprint density at radius 3 is 2.50 bits per heavy atom. The zero-order chi connectivity index (χ0) is 25.2. The highest BCUT2D eigenvalue weighted by atomic mass is 16.1. The van der Waals surface area contributed by atoms with Gasteiger partial charge in [-0.1, -0.05) is 64.8 Å². The second-order valence-corrected chi connectivity index (χ2v) is 10.2. The van der Waals surface area contributed by atoms with Crippen molar-refractivity contribution in [1.82, 2.24) is 34.7 Å². The summed E-state index contributed by atoms with van der Waals surface area (Å²) in [5, 5.41) is 14.1. The number of H-pyrrole nitrogens is 1. The molecule has 1 fully saturated rings. The molecular weight excluding hydrogens is 450 g/mol. The molecule has 36 heavy (non-hydrogen) atoms. The summed E-state index contributed by atoms with van der Waals surface area (Å²) in [5.41, 5.74) is 5.33. The Balaban J connectivity index is 1.48. The maximum Gasteiger partial charge on any atom is 0.328 e. The smallest absolute Gasteiger partial charge is 0.295 e. The van der Waals surface area contributed by atoms with Crippen molar-refractivity contribution in [1.29, 1.82) is 0 Å². The molecular formula is C28H35N7O. The fourth-order valence-corrected chi connectivity index (χ4v) is 5.76. The Morgan fingerprint density at radius 2 is 1.86 bits per heavy atom. The minimum atomic E-state index is 0.107. The number of imidazole rings is 1. The average Bonchev–Trinajstić information content (AvgIpc) is 3.21. The molecule has 4 aromatic rings. The Kier molecular flexibility index (Phi) is 6.85. The highest BCUT2D eigenvalue weighted by molar-refractivity contribution is 5.69. The largest absolute Gasteiger partial charge is 0.328 e. The summed E-state index contributed by atoms with van der Waals surface area (Å²) in [5.74, 6) is 2.38. The van der Waals surface area contributed by atoms with E-state index in [-0.39, 0.29) is 5.69 Å². The summed E-state index contributed by atoms with van der Waals surface area (Å²) in [4.78, 5) is 18.2. The van der Waals surface area contributed by atoms with Crippen LogP contribution in [0.5, 0.6) is 0 Å². The first-order chi connectivity index (χ1) is 17.5. The van der Waals surface area contributed by atoms with Crippen molar-refractivity contribution in [3.63, 3.8) is 0 Å². The number of hydrogen-bond acceptors (Lipinski definition) is 5. The molecule has 1 aliphatic carbocycles.